The summed E-state index contributed by atoms with van der Waals surface area (Å²) in [5, 5.41) is 40.2. The van der Waals surface area contributed by atoms with Gasteiger partial charge in [-0.25, -0.2) is 0 Å². The minimum Gasteiger partial charge on any atom is -0.393 e. The zero-order valence-electron chi connectivity index (χ0n) is 36.4. The van der Waals surface area contributed by atoms with Crippen LogP contribution in [0.3, 0.4) is 0 Å². The van der Waals surface area contributed by atoms with Crippen LogP contribution >= 0.6 is 0 Å². The largest absolute Gasteiger partial charge is 0.393 e. The van der Waals surface area contributed by atoms with Crippen molar-refractivity contribution in [3.8, 4) is 0 Å². The first-order chi connectivity index (χ1) is 30.3. The molecule has 4 amide bonds. The Morgan fingerprint density at radius 2 is 1.70 bits per heavy atom. The smallest absolute Gasteiger partial charge is 0.248 e. The van der Waals surface area contributed by atoms with Gasteiger partial charge >= 0.3 is 0 Å². The molecule has 2 heterocycles. The molecule has 2 aliphatic heterocycles. The van der Waals surface area contributed by atoms with E-state index in [0.717, 1.165) is 21.6 Å². The Labute approximate surface area is 371 Å². The van der Waals surface area contributed by atoms with Gasteiger partial charge in [0.25, 0.3) is 0 Å². The zero-order chi connectivity index (χ0) is 45.9. The minimum absolute atomic E-state index is 0.0221. The van der Waals surface area contributed by atoms with Gasteiger partial charge in [-0.15, -0.1) is 0 Å². The monoisotopic (exact) mass is 879 g/mol. The number of nitrogens with one attached hydrogen (secondary N) is 3. The fourth-order valence-electron chi connectivity index (χ4n) is 11.8. The number of amides is 4. The minimum atomic E-state index is -1.55. The number of anilines is 1. The number of ether oxygens (including phenoxy) is 2. The van der Waals surface area contributed by atoms with E-state index in [-0.39, 0.29) is 31.1 Å². The number of Topliss-reactive ketones (excluding diaryl/α,β-unsaturated/α-hetero) is 1. The molecule has 3 saturated carbocycles. The second-order valence-electron chi connectivity index (χ2n) is 18.8. The zero-order valence-corrected chi connectivity index (χ0v) is 36.4. The molecule has 8 N–H and O–H groups in total. The normalized spacial score (nSPS) is 34.5. The third-order valence-corrected chi connectivity index (χ3v) is 15.0. The summed E-state index contributed by atoms with van der Waals surface area (Å²) >= 11 is 0. The van der Waals surface area contributed by atoms with Gasteiger partial charge < -0.3 is 51.4 Å². The van der Waals surface area contributed by atoms with E-state index in [1.807, 2.05) is 56.3 Å². The molecule has 2 aromatic rings. The lowest BCUT2D eigenvalue weighted by molar-refractivity contribution is -0.205. The van der Waals surface area contributed by atoms with Gasteiger partial charge in [0, 0.05) is 52.6 Å². The fourth-order valence-corrected chi connectivity index (χ4v) is 11.8. The number of benzene rings is 2. The SMILES string of the molecule is C[C@H](NC(=O)CCN1C(=O)C=CC1O)C(=O)N[C@@H](C)C(=O)Nc1cccc(Cc2ccc([C@@H]3O[C@@H]4C[C@H]5C6(N)CCC7=CC(=O)C=C[C@]7(C)[C@H]6[C@@H](O)CC5(C)[C@]4(C(=O)CO)O3)cc2)c1. The number of carbonyl (C=O) groups is 6. The van der Waals surface area contributed by atoms with Gasteiger partial charge in [-0.05, 0) is 93.4 Å². The number of rotatable bonds is 13. The molecule has 16 nitrogen and oxygen atoms in total. The van der Waals surface area contributed by atoms with Crippen LogP contribution < -0.4 is 21.7 Å². The summed E-state index contributed by atoms with van der Waals surface area (Å²) in [5.74, 6) is -3.21. The maximum atomic E-state index is 14.0. The van der Waals surface area contributed by atoms with Crippen LogP contribution in [0.15, 0.2) is 84.5 Å². The molecule has 0 bridgehead atoms. The Bertz CT molecular complexity index is 2350. The van der Waals surface area contributed by atoms with Gasteiger partial charge in [-0.2, -0.15) is 0 Å². The van der Waals surface area contributed by atoms with Crippen LogP contribution in [0.4, 0.5) is 5.69 Å². The molecule has 8 rings (SSSR count). The number of carbonyl (C=O) groups excluding carboxylic acids is 6. The number of hydrogen-bond donors (Lipinski definition) is 7. The summed E-state index contributed by atoms with van der Waals surface area (Å²) < 4.78 is 13.4. The van der Waals surface area contributed by atoms with Gasteiger partial charge in [-0.1, -0.05) is 61.9 Å². The predicted molar refractivity (Wildman–Crippen MR) is 231 cm³/mol. The molecule has 6 aliphatic rings. The van der Waals surface area contributed by atoms with Crippen molar-refractivity contribution in [2.75, 3.05) is 18.5 Å². The number of nitrogens with two attached hydrogens (primary N) is 1. The van der Waals surface area contributed by atoms with E-state index in [1.54, 1.807) is 24.3 Å². The summed E-state index contributed by atoms with van der Waals surface area (Å²) in [4.78, 5) is 77.5. The molecule has 3 unspecified atom stereocenters. The van der Waals surface area contributed by atoms with Crippen LogP contribution in [0.1, 0.15) is 82.8 Å². The summed E-state index contributed by atoms with van der Waals surface area (Å²) in [6.07, 6.45) is 6.08. The standard InChI is InChI=1S/C48H57N5O11/c1-26(50-38(58)16-19-53-39(59)12-13-40(53)60)42(61)51-27(2)43(62)52-32-7-5-6-29(21-32)20-28-8-10-30(11-9-28)44-63-37-23-35-46(4,48(37,64-44)36(57)25-54)24-34(56)41-45(3)17-15-33(55)22-31(45)14-18-47(35,41)49/h5-13,15,17,21-22,26-27,34-35,37,39,41,44,54,56,59H,14,16,18-20,23-25,49H2,1-4H3,(H,50,58)(H,51,61)(H,52,62)/t26-,27-,34-,35+,37+,39?,41+,44+,45-,46?,47?,48+/m0/s1. The summed E-state index contributed by atoms with van der Waals surface area (Å²) in [6.45, 7) is 6.19. The van der Waals surface area contributed by atoms with Crippen LogP contribution in [0.5, 0.6) is 0 Å². The van der Waals surface area contributed by atoms with Crippen molar-refractivity contribution in [2.24, 2.45) is 28.4 Å². The number of aliphatic hydroxyl groups excluding tert-OH is 3. The molecule has 0 radical (unpaired) electrons. The molecule has 1 saturated heterocycles. The van der Waals surface area contributed by atoms with E-state index in [2.05, 4.69) is 16.0 Å². The van der Waals surface area contributed by atoms with Crippen molar-refractivity contribution < 1.29 is 53.6 Å². The first-order valence-corrected chi connectivity index (χ1v) is 22.0. The van der Waals surface area contributed by atoms with Crippen LogP contribution in [-0.4, -0.2) is 110 Å². The average Bonchev–Trinajstić information content (AvgIpc) is 3.88. The number of aliphatic hydroxyl groups is 3. The number of fused-ring (bicyclic) bond motifs is 7. The molecule has 64 heavy (non-hydrogen) atoms. The van der Waals surface area contributed by atoms with Gasteiger partial charge in [-0.3, -0.25) is 28.8 Å². The van der Waals surface area contributed by atoms with E-state index in [4.69, 9.17) is 15.2 Å². The lowest BCUT2D eigenvalue weighted by atomic mass is 9.43. The second kappa shape index (κ2) is 16.9. The predicted octanol–water partition coefficient (Wildman–Crippen LogP) is 2.02. The third kappa shape index (κ3) is 7.63. The Kier molecular flexibility index (Phi) is 11.9. The molecule has 12 atom stereocenters. The number of nitrogens with zero attached hydrogens (tertiary/aromatic N) is 1. The molecule has 16 heteroatoms. The van der Waals surface area contributed by atoms with Crippen LogP contribution in [0.25, 0.3) is 0 Å². The maximum absolute atomic E-state index is 14.0. The maximum Gasteiger partial charge on any atom is 0.248 e. The van der Waals surface area contributed by atoms with Gasteiger partial charge in [0.15, 0.2) is 23.5 Å². The highest BCUT2D eigenvalue weighted by molar-refractivity contribution is 6.01. The van der Waals surface area contributed by atoms with E-state index >= 15 is 0 Å². The topological polar surface area (TPSA) is 247 Å². The van der Waals surface area contributed by atoms with Crippen molar-refractivity contribution in [1.82, 2.24) is 15.5 Å². The molecular weight excluding hydrogens is 823 g/mol. The molecule has 2 aromatic carbocycles. The molecule has 340 valence electrons. The van der Waals surface area contributed by atoms with Crippen molar-refractivity contribution in [1.29, 1.82) is 0 Å². The molecule has 0 spiro atoms. The van der Waals surface area contributed by atoms with E-state index in [0.29, 0.717) is 36.9 Å². The Hall–Kier alpha value is -5.36. The quantitative estimate of drug-likeness (QED) is 0.153. The average molecular weight is 880 g/mol. The second-order valence-corrected chi connectivity index (χ2v) is 18.8. The molecular formula is C48H57N5O11. The van der Waals surface area contributed by atoms with Crippen molar-refractivity contribution >= 4 is 40.9 Å². The first-order valence-electron chi connectivity index (χ1n) is 22.0. The Balaban J connectivity index is 0.880. The van der Waals surface area contributed by atoms with Crippen molar-refractivity contribution in [3.63, 3.8) is 0 Å². The highest BCUT2D eigenvalue weighted by Crippen LogP contribution is 2.71. The van der Waals surface area contributed by atoms with Crippen molar-refractivity contribution in [3.05, 3.63) is 101 Å². The fraction of sp³-hybridized carbons (Fsp3) is 0.500. The van der Waals surface area contributed by atoms with E-state index < -0.39 is 101 Å². The first kappa shape index (κ1) is 45.2. The van der Waals surface area contributed by atoms with Gasteiger partial charge in [0.1, 0.15) is 24.9 Å². The van der Waals surface area contributed by atoms with Gasteiger partial charge in [0.05, 0.1) is 12.2 Å². The molecule has 4 aliphatic carbocycles. The molecule has 4 fully saturated rings. The Morgan fingerprint density at radius 1 is 0.969 bits per heavy atom. The molecule has 0 aromatic heterocycles. The summed E-state index contributed by atoms with van der Waals surface area (Å²) in [6, 6.07) is 13.0. The van der Waals surface area contributed by atoms with Crippen LogP contribution in [0, 0.1) is 22.7 Å². The van der Waals surface area contributed by atoms with E-state index in [9.17, 15) is 44.1 Å². The van der Waals surface area contributed by atoms with Crippen molar-refractivity contribution in [2.45, 2.75) is 114 Å². The summed E-state index contributed by atoms with van der Waals surface area (Å²) in [7, 11) is 0. The van der Waals surface area contributed by atoms with E-state index in [1.165, 1.54) is 26.0 Å². The Morgan fingerprint density at radius 3 is 2.41 bits per heavy atom. The highest BCUT2D eigenvalue weighted by atomic mass is 16.7. The third-order valence-electron chi connectivity index (χ3n) is 15.0. The highest BCUT2D eigenvalue weighted by Gasteiger charge is 2.78. The lowest BCUT2D eigenvalue weighted by Crippen LogP contribution is -2.72. The summed E-state index contributed by atoms with van der Waals surface area (Å²) in [5.41, 5.74) is 7.39. The van der Waals surface area contributed by atoms with Crippen LogP contribution in [-0.2, 0) is 44.7 Å². The number of ketones is 2. The number of hydrogen-bond acceptors (Lipinski definition) is 12. The lowest BCUT2D eigenvalue weighted by Gasteiger charge is -2.64. The van der Waals surface area contributed by atoms with Gasteiger partial charge in [0.2, 0.25) is 23.6 Å². The number of allylic oxidation sites excluding steroid dienone is 4. The van der Waals surface area contributed by atoms with Crippen LogP contribution in [0.2, 0.25) is 0 Å².